The van der Waals surface area contributed by atoms with Crippen LogP contribution in [0.1, 0.15) is 18.4 Å². The molecule has 1 aromatic heterocycles. The molecule has 1 atom stereocenters. The van der Waals surface area contributed by atoms with E-state index in [1.165, 1.54) is 0 Å². The van der Waals surface area contributed by atoms with Crippen LogP contribution in [0.15, 0.2) is 42.5 Å². The topological polar surface area (TPSA) is 153 Å². The highest BCUT2D eigenvalue weighted by atomic mass is 16.7. The number of hydrogen-bond donors (Lipinski definition) is 4. The van der Waals surface area contributed by atoms with E-state index in [0.29, 0.717) is 4.73 Å². The van der Waals surface area contributed by atoms with Crippen molar-refractivity contribution in [2.24, 2.45) is 5.73 Å². The summed E-state index contributed by atoms with van der Waals surface area (Å²) in [7, 11) is 0. The molecule has 0 saturated heterocycles. The van der Waals surface area contributed by atoms with Crippen LogP contribution >= 0.6 is 0 Å². The Bertz CT molecular complexity index is 785. The molecular formula is C17H19N3O7. The van der Waals surface area contributed by atoms with Gasteiger partial charge in [0.1, 0.15) is 12.6 Å². The molecule has 0 aliphatic carbocycles. The van der Waals surface area contributed by atoms with Gasteiger partial charge in [0.2, 0.25) is 17.7 Å². The van der Waals surface area contributed by atoms with Gasteiger partial charge in [0.25, 0.3) is 0 Å². The molecular weight excluding hydrogens is 358 g/mol. The molecule has 144 valence electrons. The maximum absolute atomic E-state index is 12.2. The quantitative estimate of drug-likeness (QED) is 0.520. The molecule has 0 radical (unpaired) electrons. The normalized spacial score (nSPS) is 11.4. The molecule has 5 N–H and O–H groups in total. The molecule has 1 aromatic carbocycles. The fourth-order valence-corrected chi connectivity index (χ4v) is 2.09. The number of alkyl carbamates (subject to hydrolysis) is 1. The van der Waals surface area contributed by atoms with E-state index in [4.69, 9.17) is 15.3 Å². The van der Waals surface area contributed by atoms with Crippen LogP contribution in [0, 0.1) is 0 Å². The van der Waals surface area contributed by atoms with Crippen LogP contribution in [0.2, 0.25) is 0 Å². The van der Waals surface area contributed by atoms with Crippen molar-refractivity contribution in [3.63, 3.8) is 0 Å². The minimum Gasteiger partial charge on any atom is -0.492 e. The number of carbonyl (C=O) groups is 3. The van der Waals surface area contributed by atoms with Gasteiger partial charge in [-0.25, -0.2) is 9.59 Å². The molecule has 0 bridgehead atoms. The van der Waals surface area contributed by atoms with Crippen LogP contribution in [0.4, 0.5) is 4.79 Å². The summed E-state index contributed by atoms with van der Waals surface area (Å²) in [6.45, 7) is -0.0244. The number of aromatic hydroxyl groups is 2. The summed E-state index contributed by atoms with van der Waals surface area (Å²) >= 11 is 0. The number of benzene rings is 1. The summed E-state index contributed by atoms with van der Waals surface area (Å²) in [5, 5.41) is 21.3. The maximum atomic E-state index is 12.2. The van der Waals surface area contributed by atoms with Crippen molar-refractivity contribution in [2.45, 2.75) is 25.5 Å². The van der Waals surface area contributed by atoms with Crippen molar-refractivity contribution in [3.8, 4) is 11.8 Å². The zero-order chi connectivity index (χ0) is 19.8. The van der Waals surface area contributed by atoms with Crippen molar-refractivity contribution in [1.29, 1.82) is 0 Å². The first-order valence-electron chi connectivity index (χ1n) is 7.94. The van der Waals surface area contributed by atoms with Crippen LogP contribution in [0.25, 0.3) is 0 Å². The Labute approximate surface area is 154 Å². The third-order valence-corrected chi connectivity index (χ3v) is 3.45. The van der Waals surface area contributed by atoms with Crippen LogP contribution in [-0.2, 0) is 20.9 Å². The molecule has 1 unspecified atom stereocenters. The maximum Gasteiger partial charge on any atom is 0.408 e. The molecule has 2 amide bonds. The molecule has 27 heavy (non-hydrogen) atoms. The number of ether oxygens (including phenoxy) is 1. The summed E-state index contributed by atoms with van der Waals surface area (Å²) in [6.07, 6.45) is -1.27. The van der Waals surface area contributed by atoms with Gasteiger partial charge in [-0.05, 0) is 12.0 Å². The lowest BCUT2D eigenvalue weighted by Crippen LogP contribution is -2.45. The summed E-state index contributed by atoms with van der Waals surface area (Å²) < 4.78 is 5.49. The monoisotopic (exact) mass is 377 g/mol. The molecule has 1 heterocycles. The van der Waals surface area contributed by atoms with Crippen LogP contribution in [0.5, 0.6) is 11.8 Å². The molecule has 0 aliphatic heterocycles. The van der Waals surface area contributed by atoms with Crippen molar-refractivity contribution in [1.82, 2.24) is 10.0 Å². The molecule has 2 aromatic rings. The predicted molar refractivity (Wildman–Crippen MR) is 91.3 cm³/mol. The fourth-order valence-electron chi connectivity index (χ4n) is 2.09. The van der Waals surface area contributed by atoms with Gasteiger partial charge < -0.3 is 30.8 Å². The predicted octanol–water partition coefficient (Wildman–Crippen LogP) is 0.415. The van der Waals surface area contributed by atoms with E-state index in [1.54, 1.807) is 24.3 Å². The number of rotatable bonds is 8. The third-order valence-electron chi connectivity index (χ3n) is 3.45. The summed E-state index contributed by atoms with van der Waals surface area (Å²) in [4.78, 5) is 40.0. The first kappa shape index (κ1) is 19.6. The van der Waals surface area contributed by atoms with E-state index in [0.717, 1.165) is 17.7 Å². The fraction of sp³-hybridized carbons (Fsp3) is 0.235. The standard InChI is InChI=1S/C17H19N3O7/c18-13(21)7-6-12(16(24)27-20-14(22)8-9-15(20)23)19-17(25)26-10-11-4-2-1-3-5-11/h1-5,8-9,12,22-23H,6-7,10H2,(H2,18,21)(H,19,25). The number of aromatic nitrogens is 1. The Morgan fingerprint density at radius 2 is 1.70 bits per heavy atom. The highest BCUT2D eigenvalue weighted by molar-refractivity contribution is 5.82. The molecule has 10 nitrogen and oxygen atoms in total. The number of hydrogen-bond acceptors (Lipinski definition) is 7. The minimum atomic E-state index is -1.29. The lowest BCUT2D eigenvalue weighted by Gasteiger charge is -2.17. The zero-order valence-corrected chi connectivity index (χ0v) is 14.2. The summed E-state index contributed by atoms with van der Waals surface area (Å²) in [5.41, 5.74) is 5.81. The van der Waals surface area contributed by atoms with E-state index in [9.17, 15) is 24.6 Å². The van der Waals surface area contributed by atoms with Crippen LogP contribution in [0.3, 0.4) is 0 Å². The average Bonchev–Trinajstić information content (AvgIpc) is 2.96. The number of amides is 2. The van der Waals surface area contributed by atoms with Gasteiger partial charge in [0.15, 0.2) is 0 Å². The second kappa shape index (κ2) is 9.13. The van der Waals surface area contributed by atoms with E-state index < -0.39 is 35.8 Å². The van der Waals surface area contributed by atoms with Gasteiger partial charge in [-0.3, -0.25) is 4.79 Å². The van der Waals surface area contributed by atoms with Crippen molar-refractivity contribution < 1.29 is 34.2 Å². The Balaban J connectivity index is 1.98. The Morgan fingerprint density at radius 1 is 1.07 bits per heavy atom. The first-order chi connectivity index (χ1) is 12.9. The molecule has 0 aliphatic rings. The Morgan fingerprint density at radius 3 is 2.30 bits per heavy atom. The van der Waals surface area contributed by atoms with E-state index >= 15 is 0 Å². The lowest BCUT2D eigenvalue weighted by molar-refractivity contribution is -0.148. The number of nitrogens with two attached hydrogens (primary N) is 1. The third kappa shape index (κ3) is 5.96. The largest absolute Gasteiger partial charge is 0.492 e. The second-order valence-corrected chi connectivity index (χ2v) is 5.52. The molecule has 10 heteroatoms. The van der Waals surface area contributed by atoms with Gasteiger partial charge in [-0.15, -0.1) is 4.73 Å². The lowest BCUT2D eigenvalue weighted by atomic mass is 10.1. The van der Waals surface area contributed by atoms with Gasteiger partial charge in [0, 0.05) is 18.6 Å². The van der Waals surface area contributed by atoms with Gasteiger partial charge in [-0.1, -0.05) is 30.3 Å². The molecule has 0 saturated carbocycles. The molecule has 2 rings (SSSR count). The van der Waals surface area contributed by atoms with Gasteiger partial charge in [-0.2, -0.15) is 0 Å². The van der Waals surface area contributed by atoms with Crippen molar-refractivity contribution in [2.75, 3.05) is 0 Å². The van der Waals surface area contributed by atoms with Gasteiger partial charge >= 0.3 is 12.1 Å². The van der Waals surface area contributed by atoms with Crippen molar-refractivity contribution >= 4 is 18.0 Å². The minimum absolute atomic E-state index is 0.0244. The van der Waals surface area contributed by atoms with Crippen LogP contribution in [-0.4, -0.2) is 39.0 Å². The second-order valence-electron chi connectivity index (χ2n) is 5.52. The summed E-state index contributed by atoms with van der Waals surface area (Å²) in [6, 6.07) is 9.78. The Kier molecular flexibility index (Phi) is 6.64. The Hall–Kier alpha value is -3.69. The smallest absolute Gasteiger partial charge is 0.408 e. The number of nitrogens with zero attached hydrogens (tertiary/aromatic N) is 1. The zero-order valence-electron chi connectivity index (χ0n) is 14.2. The first-order valence-corrected chi connectivity index (χ1v) is 7.94. The van der Waals surface area contributed by atoms with E-state index in [1.807, 2.05) is 6.07 Å². The highest BCUT2D eigenvalue weighted by Crippen LogP contribution is 2.19. The highest BCUT2D eigenvalue weighted by Gasteiger charge is 2.26. The number of carbonyl (C=O) groups excluding carboxylic acids is 3. The molecule has 0 fully saturated rings. The summed E-state index contributed by atoms with van der Waals surface area (Å²) in [5.74, 6) is -2.77. The van der Waals surface area contributed by atoms with Gasteiger partial charge in [0.05, 0.1) is 0 Å². The number of nitrogens with one attached hydrogen (secondary N) is 1. The SMILES string of the molecule is NC(=O)CCC(NC(=O)OCc1ccccc1)C(=O)On1c(O)ccc1O. The average molecular weight is 377 g/mol. The molecule has 0 spiro atoms. The van der Waals surface area contributed by atoms with Crippen LogP contribution < -0.4 is 15.9 Å². The van der Waals surface area contributed by atoms with Crippen molar-refractivity contribution in [3.05, 3.63) is 48.0 Å². The number of primary amides is 1. The van der Waals surface area contributed by atoms with E-state index in [-0.39, 0.29) is 19.4 Å². The van der Waals surface area contributed by atoms with E-state index in [2.05, 4.69) is 5.32 Å².